The highest BCUT2D eigenvalue weighted by Crippen LogP contribution is 2.50. The Balaban J connectivity index is 1.60. The summed E-state index contributed by atoms with van der Waals surface area (Å²) in [6.45, 7) is 0. The van der Waals surface area contributed by atoms with Crippen LogP contribution in [0.3, 0.4) is 0 Å². The largest absolute Gasteiger partial charge is 0.396 e. The molecule has 114 valence electrons. The van der Waals surface area contributed by atoms with E-state index in [1.807, 2.05) is 0 Å². The van der Waals surface area contributed by atoms with Gasteiger partial charge in [-0.15, -0.1) is 23.1 Å². The molecular weight excluding hydrogens is 300 g/mol. The van der Waals surface area contributed by atoms with E-state index in [1.165, 1.54) is 25.7 Å². The molecule has 0 atom stereocenters. The van der Waals surface area contributed by atoms with Crippen molar-refractivity contribution in [1.82, 2.24) is 0 Å². The lowest BCUT2D eigenvalue weighted by Crippen LogP contribution is -2.23. The monoisotopic (exact) mass is 322 g/mol. The van der Waals surface area contributed by atoms with E-state index in [4.69, 9.17) is 5.73 Å². The zero-order chi connectivity index (χ0) is 14.6. The highest BCUT2D eigenvalue weighted by molar-refractivity contribution is 7.99. The van der Waals surface area contributed by atoms with Gasteiger partial charge >= 0.3 is 0 Å². The van der Waals surface area contributed by atoms with Gasteiger partial charge in [0.2, 0.25) is 0 Å². The number of thioether (sulfide) groups is 1. The minimum atomic E-state index is 0.246. The van der Waals surface area contributed by atoms with Crippen molar-refractivity contribution in [3.05, 3.63) is 4.88 Å². The molecule has 0 aromatic carbocycles. The molecule has 4 rings (SSSR count). The third-order valence-electron chi connectivity index (χ3n) is 4.83. The molecule has 3 fully saturated rings. The van der Waals surface area contributed by atoms with Crippen LogP contribution in [-0.4, -0.2) is 18.1 Å². The molecule has 5 heteroatoms. The van der Waals surface area contributed by atoms with Crippen LogP contribution < -0.4 is 11.1 Å². The van der Waals surface area contributed by atoms with E-state index in [0.29, 0.717) is 6.04 Å². The van der Waals surface area contributed by atoms with Crippen molar-refractivity contribution in [2.45, 2.75) is 49.5 Å². The van der Waals surface area contributed by atoms with E-state index < -0.39 is 0 Å². The molecular formula is C16H22N2OS2. The zero-order valence-electron chi connectivity index (χ0n) is 12.4. The quantitative estimate of drug-likeness (QED) is 0.582. The molecule has 1 aromatic heterocycles. The van der Waals surface area contributed by atoms with E-state index >= 15 is 0 Å². The van der Waals surface area contributed by atoms with Crippen LogP contribution in [-0.2, 0) is 0 Å². The summed E-state index contributed by atoms with van der Waals surface area (Å²) in [5.41, 5.74) is 6.99. The number of hydrogen-bond acceptors (Lipinski definition) is 5. The Morgan fingerprint density at radius 1 is 1.24 bits per heavy atom. The van der Waals surface area contributed by atoms with Crippen LogP contribution >= 0.6 is 23.1 Å². The number of thiophene rings is 1. The van der Waals surface area contributed by atoms with Crippen molar-refractivity contribution in [3.8, 4) is 0 Å². The molecule has 0 saturated heterocycles. The predicted molar refractivity (Wildman–Crippen MR) is 90.4 cm³/mol. The molecule has 0 amide bonds. The number of nitrogens with one attached hydrogen (secondary N) is 1. The maximum Gasteiger partial charge on any atom is 0.178 e. The number of carbonyl (C=O) groups is 1. The van der Waals surface area contributed by atoms with Crippen LogP contribution in [0.15, 0.2) is 4.90 Å². The Morgan fingerprint density at radius 3 is 2.33 bits per heavy atom. The highest BCUT2D eigenvalue weighted by Gasteiger charge is 2.42. The predicted octanol–water partition coefficient (Wildman–Crippen LogP) is 4.25. The SMILES string of the molecule is CSc1c(NC(C2CC2)C2CC2)sc(C(=O)C2CC2)c1N. The fourth-order valence-corrected chi connectivity index (χ4v) is 5.21. The molecule has 3 nitrogen and oxygen atoms in total. The Bertz CT molecular complexity index is 559. The first-order chi connectivity index (χ1) is 10.2. The third-order valence-corrected chi connectivity index (χ3v) is 6.95. The molecule has 1 aromatic rings. The topological polar surface area (TPSA) is 55.1 Å². The fraction of sp³-hybridized carbons (Fsp3) is 0.688. The molecule has 0 unspecified atom stereocenters. The number of rotatable bonds is 7. The summed E-state index contributed by atoms with van der Waals surface area (Å²) >= 11 is 3.27. The van der Waals surface area contributed by atoms with Crippen molar-refractivity contribution in [3.63, 3.8) is 0 Å². The van der Waals surface area contributed by atoms with Crippen molar-refractivity contribution in [2.24, 2.45) is 17.8 Å². The smallest absolute Gasteiger partial charge is 0.178 e. The number of anilines is 2. The minimum Gasteiger partial charge on any atom is -0.396 e. The first kappa shape index (κ1) is 13.9. The van der Waals surface area contributed by atoms with E-state index in [9.17, 15) is 4.79 Å². The van der Waals surface area contributed by atoms with Crippen LogP contribution in [0.25, 0.3) is 0 Å². The zero-order valence-corrected chi connectivity index (χ0v) is 14.0. The second kappa shape index (κ2) is 5.20. The molecule has 3 aliphatic rings. The van der Waals surface area contributed by atoms with Crippen LogP contribution in [0.4, 0.5) is 10.7 Å². The number of carbonyl (C=O) groups excluding carboxylic acids is 1. The normalized spacial score (nSPS) is 21.8. The Labute approximate surface area is 134 Å². The average molecular weight is 322 g/mol. The molecule has 3 saturated carbocycles. The molecule has 1 heterocycles. The molecule has 3 N–H and O–H groups in total. The molecule has 0 radical (unpaired) electrons. The van der Waals surface area contributed by atoms with Crippen molar-refractivity contribution >= 4 is 39.6 Å². The van der Waals surface area contributed by atoms with Gasteiger partial charge in [-0.25, -0.2) is 0 Å². The van der Waals surface area contributed by atoms with Gasteiger partial charge in [0.05, 0.1) is 15.5 Å². The van der Waals surface area contributed by atoms with Gasteiger partial charge in [-0.2, -0.15) is 0 Å². The number of Topliss-reactive ketones (excluding diaryl/α,β-unsaturated/α-hetero) is 1. The summed E-state index contributed by atoms with van der Waals surface area (Å²) < 4.78 is 0. The lowest BCUT2D eigenvalue weighted by molar-refractivity contribution is 0.0972. The van der Waals surface area contributed by atoms with E-state index in [0.717, 1.165) is 45.1 Å². The van der Waals surface area contributed by atoms with Crippen LogP contribution in [0.5, 0.6) is 0 Å². The Morgan fingerprint density at radius 2 is 1.86 bits per heavy atom. The fourth-order valence-electron chi connectivity index (χ4n) is 3.12. The first-order valence-electron chi connectivity index (χ1n) is 7.96. The highest BCUT2D eigenvalue weighted by atomic mass is 32.2. The van der Waals surface area contributed by atoms with Gasteiger partial charge in [0, 0.05) is 12.0 Å². The Hall–Kier alpha value is -0.680. The minimum absolute atomic E-state index is 0.246. The summed E-state index contributed by atoms with van der Waals surface area (Å²) in [4.78, 5) is 14.3. The van der Waals surface area contributed by atoms with Gasteiger partial charge in [-0.1, -0.05) is 0 Å². The van der Waals surface area contributed by atoms with Gasteiger partial charge in [0.25, 0.3) is 0 Å². The average Bonchev–Trinajstić information content (AvgIpc) is 3.35. The number of nitrogens with two attached hydrogens (primary N) is 1. The van der Waals surface area contributed by atoms with Crippen molar-refractivity contribution in [2.75, 3.05) is 17.3 Å². The van der Waals surface area contributed by atoms with Crippen LogP contribution in [0.1, 0.15) is 48.2 Å². The summed E-state index contributed by atoms with van der Waals surface area (Å²) in [5.74, 6) is 2.21. The van der Waals surface area contributed by atoms with Gasteiger partial charge in [0.15, 0.2) is 5.78 Å². The summed E-state index contributed by atoms with van der Waals surface area (Å²) in [5, 5.41) is 4.91. The molecule has 0 aliphatic heterocycles. The van der Waals surface area contributed by atoms with Crippen molar-refractivity contribution < 1.29 is 4.79 Å². The molecule has 0 bridgehead atoms. The molecule has 21 heavy (non-hydrogen) atoms. The number of nitrogen functional groups attached to an aromatic ring is 1. The van der Waals surface area contributed by atoms with Gasteiger partial charge in [-0.05, 0) is 56.6 Å². The standard InChI is InChI=1S/C16H22N2OS2/c1-20-15-11(17)14(13(19)10-6-7-10)21-16(15)18-12(8-2-3-8)9-4-5-9/h8-10,12,18H,2-7,17H2,1H3. The summed E-state index contributed by atoms with van der Waals surface area (Å²) in [6.07, 6.45) is 9.57. The second-order valence-electron chi connectivity index (χ2n) is 6.69. The van der Waals surface area contributed by atoms with Gasteiger partial charge < -0.3 is 11.1 Å². The van der Waals surface area contributed by atoms with Gasteiger partial charge in [0.1, 0.15) is 5.00 Å². The summed E-state index contributed by atoms with van der Waals surface area (Å²) in [6, 6.07) is 0.609. The van der Waals surface area contributed by atoms with Crippen molar-refractivity contribution in [1.29, 1.82) is 0 Å². The third kappa shape index (κ3) is 2.70. The lowest BCUT2D eigenvalue weighted by atomic mass is 10.1. The first-order valence-corrected chi connectivity index (χ1v) is 10.00. The Kier molecular flexibility index (Phi) is 3.45. The number of ketones is 1. The molecule has 0 spiro atoms. The lowest BCUT2D eigenvalue weighted by Gasteiger charge is -2.18. The van der Waals surface area contributed by atoms with E-state index in [1.54, 1.807) is 23.1 Å². The maximum atomic E-state index is 12.4. The van der Waals surface area contributed by atoms with Crippen LogP contribution in [0.2, 0.25) is 0 Å². The van der Waals surface area contributed by atoms with E-state index in [2.05, 4.69) is 11.6 Å². The summed E-state index contributed by atoms with van der Waals surface area (Å²) in [7, 11) is 0. The second-order valence-corrected chi connectivity index (χ2v) is 8.53. The van der Waals surface area contributed by atoms with E-state index in [-0.39, 0.29) is 11.7 Å². The van der Waals surface area contributed by atoms with Crippen LogP contribution in [0, 0.1) is 17.8 Å². The van der Waals surface area contributed by atoms with Gasteiger partial charge in [-0.3, -0.25) is 4.79 Å². The molecule has 3 aliphatic carbocycles. The maximum absolute atomic E-state index is 12.4. The number of hydrogen-bond donors (Lipinski definition) is 2.